The number of benzene rings is 1. The number of ether oxygens (including phenoxy) is 1. The van der Waals surface area contributed by atoms with Gasteiger partial charge in [-0.2, -0.15) is 5.26 Å². The van der Waals surface area contributed by atoms with E-state index in [1.54, 1.807) is 30.5 Å². The van der Waals surface area contributed by atoms with Crippen LogP contribution in [-0.4, -0.2) is 35.5 Å². The summed E-state index contributed by atoms with van der Waals surface area (Å²) in [5, 5.41) is 15.3. The zero-order valence-corrected chi connectivity index (χ0v) is 20.7. The summed E-state index contributed by atoms with van der Waals surface area (Å²) in [7, 11) is 0. The molecule has 2 aromatic rings. The van der Waals surface area contributed by atoms with Crippen LogP contribution in [0.3, 0.4) is 0 Å². The summed E-state index contributed by atoms with van der Waals surface area (Å²) in [4.78, 5) is 29.9. The number of hydrogen-bond donors (Lipinski definition) is 2. The van der Waals surface area contributed by atoms with Gasteiger partial charge in [0.25, 0.3) is 5.91 Å². The minimum atomic E-state index is -0.502. The molecule has 0 radical (unpaired) electrons. The molecule has 2 N–H and O–H groups in total. The number of aryl methyl sites for hydroxylation is 1. The van der Waals surface area contributed by atoms with E-state index in [0.29, 0.717) is 30.9 Å². The third-order valence-electron chi connectivity index (χ3n) is 6.32. The van der Waals surface area contributed by atoms with Crippen LogP contribution < -0.4 is 15.4 Å². The van der Waals surface area contributed by atoms with E-state index >= 15 is 0 Å². The van der Waals surface area contributed by atoms with Gasteiger partial charge in [0.15, 0.2) is 0 Å². The Hall–Kier alpha value is -3.40. The zero-order valence-electron chi connectivity index (χ0n) is 20.7. The van der Waals surface area contributed by atoms with Gasteiger partial charge < -0.3 is 15.4 Å². The zero-order chi connectivity index (χ0) is 25.0. The number of pyridine rings is 1. The highest BCUT2D eigenvalue weighted by atomic mass is 16.5. The van der Waals surface area contributed by atoms with Gasteiger partial charge in [-0.25, -0.2) is 0 Å². The molecule has 0 bridgehead atoms. The van der Waals surface area contributed by atoms with Gasteiger partial charge in [-0.1, -0.05) is 32.8 Å². The second-order valence-corrected chi connectivity index (χ2v) is 9.63. The number of aromatic nitrogens is 1. The summed E-state index contributed by atoms with van der Waals surface area (Å²) in [5.74, 6) is 0.373. The summed E-state index contributed by atoms with van der Waals surface area (Å²) in [6.45, 7) is 4.64. The van der Waals surface area contributed by atoms with Crippen molar-refractivity contribution in [1.29, 1.82) is 5.26 Å². The van der Waals surface area contributed by atoms with E-state index in [1.807, 2.05) is 26.1 Å². The van der Waals surface area contributed by atoms with Crippen LogP contribution in [0.2, 0.25) is 0 Å². The van der Waals surface area contributed by atoms with Crippen LogP contribution in [0.4, 0.5) is 0 Å². The van der Waals surface area contributed by atoms with Gasteiger partial charge in [-0.15, -0.1) is 0 Å². The minimum Gasteiger partial charge on any atom is -0.494 e. The average Bonchev–Trinajstić information content (AvgIpc) is 2.87. The van der Waals surface area contributed by atoms with Crippen LogP contribution in [0, 0.1) is 23.2 Å². The molecule has 2 amide bonds. The Labute approximate surface area is 208 Å². The lowest BCUT2D eigenvalue weighted by Gasteiger charge is -2.32. The Balaban J connectivity index is 1.49. The SMILES string of the molecule is CC(C)C[C@@H](C#N)NC(=O)[C@@H]1CCCC[C@@H]1NC(=O)c1ccc(OCCCc2cccnc2)cc1. The van der Waals surface area contributed by atoms with Gasteiger partial charge in [-0.3, -0.25) is 14.6 Å². The standard InChI is InChI=1S/C28H36N4O3/c1-20(2)17-23(18-29)31-28(34)25-9-3-4-10-26(25)32-27(33)22-11-13-24(14-12-22)35-16-6-8-21-7-5-15-30-19-21/h5,7,11-15,19-20,23,25-26H,3-4,6,8-10,16-17H2,1-2H3,(H,31,34)(H,32,33)/t23-,25+,26-/m0/s1. The normalized spacial score (nSPS) is 18.3. The van der Waals surface area contributed by atoms with Gasteiger partial charge >= 0.3 is 0 Å². The van der Waals surface area contributed by atoms with Crippen molar-refractivity contribution in [1.82, 2.24) is 15.6 Å². The Morgan fingerprint density at radius 2 is 1.94 bits per heavy atom. The van der Waals surface area contributed by atoms with Gasteiger partial charge in [0.2, 0.25) is 5.91 Å². The third-order valence-corrected chi connectivity index (χ3v) is 6.32. The van der Waals surface area contributed by atoms with Gasteiger partial charge in [0.1, 0.15) is 11.8 Å². The molecule has 35 heavy (non-hydrogen) atoms. The number of carbonyl (C=O) groups excluding carboxylic acids is 2. The molecule has 3 atom stereocenters. The lowest BCUT2D eigenvalue weighted by Crippen LogP contribution is -2.50. The topological polar surface area (TPSA) is 104 Å². The van der Waals surface area contributed by atoms with Crippen molar-refractivity contribution < 1.29 is 14.3 Å². The maximum absolute atomic E-state index is 12.9. The van der Waals surface area contributed by atoms with E-state index < -0.39 is 6.04 Å². The van der Waals surface area contributed by atoms with Crippen LogP contribution in [0.1, 0.15) is 68.3 Å². The molecule has 3 rings (SSSR count). The predicted octanol–water partition coefficient (Wildman–Crippen LogP) is 4.44. The van der Waals surface area contributed by atoms with E-state index in [4.69, 9.17) is 4.74 Å². The maximum Gasteiger partial charge on any atom is 0.251 e. The van der Waals surface area contributed by atoms with Crippen molar-refractivity contribution in [2.45, 2.75) is 70.9 Å². The highest BCUT2D eigenvalue weighted by Crippen LogP contribution is 2.26. The molecule has 7 nitrogen and oxygen atoms in total. The van der Waals surface area contributed by atoms with E-state index in [-0.39, 0.29) is 23.8 Å². The van der Waals surface area contributed by atoms with Gasteiger partial charge in [0.05, 0.1) is 18.6 Å². The van der Waals surface area contributed by atoms with Crippen molar-refractivity contribution >= 4 is 11.8 Å². The highest BCUT2D eigenvalue weighted by Gasteiger charge is 2.33. The molecule has 1 fully saturated rings. The summed E-state index contributed by atoms with van der Waals surface area (Å²) < 4.78 is 5.80. The number of rotatable bonds is 11. The summed E-state index contributed by atoms with van der Waals surface area (Å²) >= 11 is 0. The van der Waals surface area contributed by atoms with Crippen LogP contribution in [0.5, 0.6) is 5.75 Å². The molecule has 1 saturated carbocycles. The van der Waals surface area contributed by atoms with E-state index in [1.165, 1.54) is 5.56 Å². The van der Waals surface area contributed by atoms with Crippen LogP contribution in [0.15, 0.2) is 48.8 Å². The quantitative estimate of drug-likeness (QED) is 0.467. The summed E-state index contributed by atoms with van der Waals surface area (Å²) in [6.07, 6.45) is 9.39. The van der Waals surface area contributed by atoms with Crippen molar-refractivity contribution in [3.05, 3.63) is 59.9 Å². The molecule has 0 aliphatic heterocycles. The van der Waals surface area contributed by atoms with E-state index in [9.17, 15) is 14.9 Å². The lowest BCUT2D eigenvalue weighted by atomic mass is 9.83. The van der Waals surface area contributed by atoms with Crippen molar-refractivity contribution in [2.75, 3.05) is 6.61 Å². The lowest BCUT2D eigenvalue weighted by molar-refractivity contribution is -0.127. The monoisotopic (exact) mass is 476 g/mol. The fourth-order valence-corrected chi connectivity index (χ4v) is 4.48. The Bertz CT molecular complexity index is 986. The Morgan fingerprint density at radius 1 is 1.17 bits per heavy atom. The highest BCUT2D eigenvalue weighted by molar-refractivity contribution is 5.95. The Kier molecular flexibility index (Phi) is 10.1. The molecule has 1 aliphatic carbocycles. The fraction of sp³-hybridized carbons (Fsp3) is 0.500. The second-order valence-electron chi connectivity index (χ2n) is 9.63. The molecule has 1 aromatic carbocycles. The smallest absolute Gasteiger partial charge is 0.251 e. The molecule has 1 heterocycles. The number of carbonyl (C=O) groups is 2. The Morgan fingerprint density at radius 3 is 2.63 bits per heavy atom. The van der Waals surface area contributed by atoms with E-state index in [2.05, 4.69) is 27.8 Å². The second kappa shape index (κ2) is 13.5. The molecule has 1 aromatic heterocycles. The largest absolute Gasteiger partial charge is 0.494 e. The maximum atomic E-state index is 12.9. The van der Waals surface area contributed by atoms with Crippen LogP contribution >= 0.6 is 0 Å². The summed E-state index contributed by atoms with van der Waals surface area (Å²) in [6, 6.07) is 12.5. The first-order valence-corrected chi connectivity index (χ1v) is 12.6. The molecule has 0 spiro atoms. The number of hydrogen-bond acceptors (Lipinski definition) is 5. The van der Waals surface area contributed by atoms with E-state index in [0.717, 1.165) is 37.9 Å². The third kappa shape index (κ3) is 8.40. The number of nitrogens with one attached hydrogen (secondary N) is 2. The molecule has 1 aliphatic rings. The molecule has 0 unspecified atom stereocenters. The molecule has 186 valence electrons. The van der Waals surface area contributed by atoms with Crippen LogP contribution in [-0.2, 0) is 11.2 Å². The first-order chi connectivity index (χ1) is 17.0. The van der Waals surface area contributed by atoms with Crippen molar-refractivity contribution in [2.24, 2.45) is 11.8 Å². The fourth-order valence-electron chi connectivity index (χ4n) is 4.48. The predicted molar refractivity (Wildman–Crippen MR) is 135 cm³/mol. The van der Waals surface area contributed by atoms with Crippen molar-refractivity contribution in [3.8, 4) is 11.8 Å². The van der Waals surface area contributed by atoms with Gasteiger partial charge in [0, 0.05) is 24.0 Å². The van der Waals surface area contributed by atoms with Crippen molar-refractivity contribution in [3.63, 3.8) is 0 Å². The summed E-state index contributed by atoms with van der Waals surface area (Å²) in [5.41, 5.74) is 1.72. The van der Waals surface area contributed by atoms with Gasteiger partial charge in [-0.05, 0) is 73.9 Å². The van der Waals surface area contributed by atoms with Crippen LogP contribution in [0.25, 0.3) is 0 Å². The number of amides is 2. The molecule has 0 saturated heterocycles. The molecular formula is C28H36N4O3. The number of nitriles is 1. The first kappa shape index (κ1) is 26.2. The minimum absolute atomic E-state index is 0.141. The molecular weight excluding hydrogens is 440 g/mol. The molecule has 7 heteroatoms. The average molecular weight is 477 g/mol. The number of nitrogens with zero attached hydrogens (tertiary/aromatic N) is 2. The first-order valence-electron chi connectivity index (χ1n) is 12.6.